The highest BCUT2D eigenvalue weighted by molar-refractivity contribution is 7.16. The van der Waals surface area contributed by atoms with Crippen LogP contribution in [0, 0.1) is 23.2 Å². The largest absolute Gasteiger partial charge is 0.469 e. The molecule has 2 aromatic rings. The molecule has 0 aromatic carbocycles. The minimum Gasteiger partial charge on any atom is -0.469 e. The van der Waals surface area contributed by atoms with Crippen molar-refractivity contribution in [3.8, 4) is 5.88 Å². The quantitative estimate of drug-likeness (QED) is 0.855. The Hall–Kier alpha value is -1.49. The van der Waals surface area contributed by atoms with Crippen LogP contribution in [0.4, 0.5) is 0 Å². The van der Waals surface area contributed by atoms with Crippen molar-refractivity contribution >= 4 is 27.3 Å². The van der Waals surface area contributed by atoms with E-state index in [0.29, 0.717) is 11.7 Å². The zero-order chi connectivity index (χ0) is 15.4. The summed E-state index contributed by atoms with van der Waals surface area (Å²) in [5.41, 5.74) is -0.0878. The van der Waals surface area contributed by atoms with Crippen molar-refractivity contribution in [3.05, 3.63) is 17.8 Å². The molecule has 23 heavy (non-hydrogen) atoms. The van der Waals surface area contributed by atoms with Crippen LogP contribution in [0.3, 0.4) is 0 Å². The molecule has 0 unspecified atom stereocenters. The van der Waals surface area contributed by atoms with E-state index in [4.69, 9.17) is 4.74 Å². The molecule has 4 fully saturated rings. The van der Waals surface area contributed by atoms with Crippen molar-refractivity contribution in [1.82, 2.24) is 9.97 Å². The SMILES string of the molecule is O=C(COc1ncnc2sccc12)C12CC3CC(CC(C3)C1)C2. The summed E-state index contributed by atoms with van der Waals surface area (Å²) >= 11 is 1.57. The van der Waals surface area contributed by atoms with Gasteiger partial charge in [0.15, 0.2) is 5.78 Å². The lowest BCUT2D eigenvalue weighted by molar-refractivity contribution is -0.146. The summed E-state index contributed by atoms with van der Waals surface area (Å²) in [6.07, 6.45) is 8.87. The normalized spacial score (nSPS) is 34.9. The summed E-state index contributed by atoms with van der Waals surface area (Å²) in [4.78, 5) is 22.3. The summed E-state index contributed by atoms with van der Waals surface area (Å²) in [6.45, 7) is 0.161. The van der Waals surface area contributed by atoms with Crippen LogP contribution >= 0.6 is 11.3 Å². The average Bonchev–Trinajstić information content (AvgIpc) is 3.00. The molecule has 0 spiro atoms. The van der Waals surface area contributed by atoms with E-state index in [1.165, 1.54) is 25.6 Å². The summed E-state index contributed by atoms with van der Waals surface area (Å²) in [6, 6.07) is 1.96. The molecule has 2 heterocycles. The Balaban J connectivity index is 1.35. The molecule has 0 atom stereocenters. The van der Waals surface area contributed by atoms with Gasteiger partial charge >= 0.3 is 0 Å². The average molecular weight is 328 g/mol. The molecule has 4 aliphatic carbocycles. The molecule has 6 rings (SSSR count). The van der Waals surface area contributed by atoms with Gasteiger partial charge in [0.2, 0.25) is 5.88 Å². The number of ketones is 1. The van der Waals surface area contributed by atoms with Crippen molar-refractivity contribution in [2.75, 3.05) is 6.61 Å². The standard InChI is InChI=1S/C18H20N2O2S/c21-15(9-22-16-14-1-2-23-17(14)20-10-19-16)18-6-11-3-12(7-18)5-13(4-11)8-18/h1-2,10-13H,3-9H2. The molecule has 0 radical (unpaired) electrons. The van der Waals surface area contributed by atoms with Gasteiger partial charge in [0.05, 0.1) is 5.39 Å². The smallest absolute Gasteiger partial charge is 0.225 e. The molecule has 4 saturated carbocycles. The van der Waals surface area contributed by atoms with Crippen molar-refractivity contribution in [1.29, 1.82) is 0 Å². The third-order valence-electron chi connectivity index (χ3n) is 6.19. The second kappa shape index (κ2) is 5.00. The molecule has 5 heteroatoms. The molecule has 0 amide bonds. The Kier molecular flexibility index (Phi) is 3.02. The van der Waals surface area contributed by atoms with Crippen LogP contribution in [0.1, 0.15) is 38.5 Å². The number of nitrogens with zero attached hydrogens (tertiary/aromatic N) is 2. The van der Waals surface area contributed by atoms with Gasteiger partial charge in [-0.3, -0.25) is 4.79 Å². The third kappa shape index (κ3) is 2.20. The summed E-state index contributed by atoms with van der Waals surface area (Å²) < 4.78 is 5.83. The highest BCUT2D eigenvalue weighted by Gasteiger charge is 2.54. The molecule has 0 aliphatic heterocycles. The first kappa shape index (κ1) is 13.9. The first-order valence-electron chi connectivity index (χ1n) is 8.56. The number of aromatic nitrogens is 2. The van der Waals surface area contributed by atoms with Gasteiger partial charge < -0.3 is 4.74 Å². The van der Waals surface area contributed by atoms with Crippen LogP contribution < -0.4 is 4.74 Å². The number of fused-ring (bicyclic) bond motifs is 1. The Bertz CT molecular complexity index is 734. The molecular weight excluding hydrogens is 308 g/mol. The van der Waals surface area contributed by atoms with Crippen molar-refractivity contribution < 1.29 is 9.53 Å². The van der Waals surface area contributed by atoms with Gasteiger partial charge in [0, 0.05) is 5.41 Å². The Morgan fingerprint density at radius 1 is 1.17 bits per heavy atom. The van der Waals surface area contributed by atoms with Gasteiger partial charge in [-0.25, -0.2) is 9.97 Å². The minimum absolute atomic E-state index is 0.0878. The van der Waals surface area contributed by atoms with E-state index in [-0.39, 0.29) is 12.0 Å². The fourth-order valence-electron chi connectivity index (χ4n) is 5.62. The maximum Gasteiger partial charge on any atom is 0.225 e. The highest BCUT2D eigenvalue weighted by Crippen LogP contribution is 2.60. The van der Waals surface area contributed by atoms with Crippen LogP contribution in [-0.4, -0.2) is 22.4 Å². The van der Waals surface area contributed by atoms with Crippen LogP contribution in [0.25, 0.3) is 10.2 Å². The van der Waals surface area contributed by atoms with Gasteiger partial charge in [-0.05, 0) is 67.7 Å². The lowest BCUT2D eigenvalue weighted by atomic mass is 9.48. The van der Waals surface area contributed by atoms with E-state index >= 15 is 0 Å². The molecule has 0 N–H and O–H groups in total. The predicted octanol–water partition coefficient (Wildman–Crippen LogP) is 3.86. The van der Waals surface area contributed by atoms with E-state index in [2.05, 4.69) is 9.97 Å². The molecule has 4 aliphatic rings. The van der Waals surface area contributed by atoms with Crippen LogP contribution in [0.2, 0.25) is 0 Å². The molecule has 2 aromatic heterocycles. The fraction of sp³-hybridized carbons (Fsp3) is 0.611. The van der Waals surface area contributed by atoms with Crippen LogP contribution in [0.5, 0.6) is 5.88 Å². The van der Waals surface area contributed by atoms with Crippen molar-refractivity contribution in [2.24, 2.45) is 23.2 Å². The van der Waals surface area contributed by atoms with Crippen molar-refractivity contribution in [2.45, 2.75) is 38.5 Å². The maximum absolute atomic E-state index is 13.0. The second-order valence-electron chi connectivity index (χ2n) is 7.73. The third-order valence-corrected chi connectivity index (χ3v) is 7.02. The minimum atomic E-state index is -0.0878. The van der Waals surface area contributed by atoms with E-state index in [0.717, 1.165) is 47.2 Å². The maximum atomic E-state index is 13.0. The van der Waals surface area contributed by atoms with Crippen LogP contribution in [0.15, 0.2) is 17.8 Å². The summed E-state index contributed by atoms with van der Waals surface area (Å²) in [7, 11) is 0. The summed E-state index contributed by atoms with van der Waals surface area (Å²) in [5, 5.41) is 2.89. The molecular formula is C18H20N2O2S. The molecule has 120 valence electrons. The topological polar surface area (TPSA) is 52.1 Å². The number of carbonyl (C=O) groups is 1. The van der Waals surface area contributed by atoms with Gasteiger partial charge in [-0.1, -0.05) is 0 Å². The van der Waals surface area contributed by atoms with E-state index in [1.807, 2.05) is 11.4 Å². The monoisotopic (exact) mass is 328 g/mol. The van der Waals surface area contributed by atoms with E-state index in [9.17, 15) is 4.79 Å². The van der Waals surface area contributed by atoms with Crippen molar-refractivity contribution in [3.63, 3.8) is 0 Å². The Morgan fingerprint density at radius 3 is 2.57 bits per heavy atom. The Morgan fingerprint density at radius 2 is 1.87 bits per heavy atom. The number of hydrogen-bond acceptors (Lipinski definition) is 5. The predicted molar refractivity (Wildman–Crippen MR) is 88.5 cm³/mol. The van der Waals surface area contributed by atoms with E-state index < -0.39 is 0 Å². The number of hydrogen-bond donors (Lipinski definition) is 0. The number of ether oxygens (including phenoxy) is 1. The van der Waals surface area contributed by atoms with Gasteiger partial charge in [-0.2, -0.15) is 0 Å². The van der Waals surface area contributed by atoms with Crippen LogP contribution in [-0.2, 0) is 4.79 Å². The first-order valence-corrected chi connectivity index (χ1v) is 9.44. The zero-order valence-corrected chi connectivity index (χ0v) is 13.8. The lowest BCUT2D eigenvalue weighted by Gasteiger charge is -2.55. The number of Topliss-reactive ketones (excluding diaryl/α,β-unsaturated/α-hetero) is 1. The van der Waals surface area contributed by atoms with Gasteiger partial charge in [0.25, 0.3) is 0 Å². The molecule has 4 nitrogen and oxygen atoms in total. The zero-order valence-electron chi connectivity index (χ0n) is 13.0. The fourth-order valence-corrected chi connectivity index (χ4v) is 6.34. The second-order valence-corrected chi connectivity index (χ2v) is 8.62. The first-order chi connectivity index (χ1) is 11.2. The number of carbonyl (C=O) groups excluding carboxylic acids is 1. The number of rotatable bonds is 4. The van der Waals surface area contributed by atoms with Gasteiger partial charge in [-0.15, -0.1) is 11.3 Å². The van der Waals surface area contributed by atoms with Gasteiger partial charge in [0.1, 0.15) is 17.8 Å². The lowest BCUT2D eigenvalue weighted by Crippen LogP contribution is -2.51. The van der Waals surface area contributed by atoms with E-state index in [1.54, 1.807) is 11.3 Å². The Labute approximate surface area is 139 Å². The molecule has 4 bridgehead atoms. The summed E-state index contributed by atoms with van der Waals surface area (Å²) in [5.74, 6) is 3.21. The molecule has 0 saturated heterocycles. The highest BCUT2D eigenvalue weighted by atomic mass is 32.1. The number of thiophene rings is 1.